The molecule has 0 aliphatic rings. The summed E-state index contributed by atoms with van der Waals surface area (Å²) < 4.78 is 5.69. The Bertz CT molecular complexity index is 691. The van der Waals surface area contributed by atoms with E-state index in [1.54, 1.807) is 6.20 Å². The van der Waals surface area contributed by atoms with Crippen molar-refractivity contribution in [1.82, 2.24) is 15.0 Å². The fraction of sp³-hybridized carbons (Fsp3) is 0.200. The average Bonchev–Trinajstić information content (AvgIpc) is 2.82. The maximum atomic E-state index is 5.69. The van der Waals surface area contributed by atoms with Crippen molar-refractivity contribution in [3.05, 3.63) is 42.1 Å². The molecule has 0 bridgehead atoms. The second kappa shape index (κ2) is 5.92. The van der Waals surface area contributed by atoms with Crippen molar-refractivity contribution in [2.24, 2.45) is 0 Å². The van der Waals surface area contributed by atoms with Crippen LogP contribution in [0.4, 0.5) is 0 Å². The Hall–Kier alpha value is -2.07. The van der Waals surface area contributed by atoms with Crippen LogP contribution in [0.3, 0.4) is 0 Å². The number of aryl methyl sites for hydroxylation is 1. The molecular formula is C15H16ClN3O. The van der Waals surface area contributed by atoms with Gasteiger partial charge in [-0.25, -0.2) is 9.97 Å². The lowest BCUT2D eigenvalue weighted by atomic mass is 10.1. The Kier molecular flexibility index (Phi) is 4.25. The van der Waals surface area contributed by atoms with Crippen molar-refractivity contribution in [2.45, 2.75) is 13.8 Å². The summed E-state index contributed by atoms with van der Waals surface area (Å²) in [5.74, 6) is 1.64. The first kappa shape index (κ1) is 14.3. The van der Waals surface area contributed by atoms with E-state index < -0.39 is 0 Å². The summed E-state index contributed by atoms with van der Waals surface area (Å²) in [5.41, 5.74) is 3.79. The number of nitrogens with one attached hydrogen (secondary N) is 1. The summed E-state index contributed by atoms with van der Waals surface area (Å²) >= 11 is 0. The van der Waals surface area contributed by atoms with E-state index in [1.807, 2.05) is 38.1 Å². The van der Waals surface area contributed by atoms with Gasteiger partial charge < -0.3 is 9.72 Å². The van der Waals surface area contributed by atoms with Crippen LogP contribution in [0.5, 0.6) is 5.75 Å². The minimum atomic E-state index is 0. The van der Waals surface area contributed by atoms with Gasteiger partial charge in [-0.1, -0.05) is 6.07 Å². The summed E-state index contributed by atoms with van der Waals surface area (Å²) in [4.78, 5) is 12.0. The van der Waals surface area contributed by atoms with Crippen molar-refractivity contribution in [3.8, 4) is 17.1 Å². The van der Waals surface area contributed by atoms with Gasteiger partial charge in [-0.05, 0) is 43.7 Å². The van der Waals surface area contributed by atoms with E-state index in [1.165, 1.54) is 5.56 Å². The van der Waals surface area contributed by atoms with Crippen molar-refractivity contribution < 1.29 is 4.74 Å². The van der Waals surface area contributed by atoms with Crippen LogP contribution in [-0.4, -0.2) is 21.6 Å². The number of fused-ring (bicyclic) bond motifs is 1. The number of benzene rings is 1. The molecule has 3 aromatic rings. The number of ether oxygens (including phenoxy) is 1. The van der Waals surface area contributed by atoms with Crippen LogP contribution in [0.25, 0.3) is 22.6 Å². The second-order valence-corrected chi connectivity index (χ2v) is 4.39. The summed E-state index contributed by atoms with van der Waals surface area (Å²) in [6.07, 6.45) is 1.74. The van der Waals surface area contributed by atoms with Crippen LogP contribution in [0.2, 0.25) is 0 Å². The fourth-order valence-corrected chi connectivity index (χ4v) is 2.07. The molecule has 0 fully saturated rings. The van der Waals surface area contributed by atoms with Crippen LogP contribution in [0.1, 0.15) is 12.5 Å². The molecule has 0 saturated heterocycles. The normalized spacial score (nSPS) is 10.3. The molecule has 0 unspecified atom stereocenters. The molecule has 3 rings (SSSR count). The number of pyridine rings is 1. The molecule has 2 aromatic heterocycles. The molecule has 104 valence electrons. The molecule has 0 amide bonds. The Morgan fingerprint density at radius 2 is 2.10 bits per heavy atom. The molecule has 5 heteroatoms. The third-order valence-corrected chi connectivity index (χ3v) is 2.95. The van der Waals surface area contributed by atoms with Gasteiger partial charge in [0.2, 0.25) is 0 Å². The molecule has 2 heterocycles. The van der Waals surface area contributed by atoms with Crippen molar-refractivity contribution in [1.29, 1.82) is 0 Å². The Morgan fingerprint density at radius 3 is 2.85 bits per heavy atom. The van der Waals surface area contributed by atoms with E-state index in [9.17, 15) is 0 Å². The molecule has 1 aromatic carbocycles. The van der Waals surface area contributed by atoms with Crippen LogP contribution in [0, 0.1) is 6.92 Å². The van der Waals surface area contributed by atoms with Gasteiger partial charge in [0, 0.05) is 6.20 Å². The third-order valence-electron chi connectivity index (χ3n) is 2.95. The summed E-state index contributed by atoms with van der Waals surface area (Å²) in [6, 6.07) is 9.96. The number of rotatable bonds is 3. The van der Waals surface area contributed by atoms with Gasteiger partial charge in [-0.3, -0.25) is 0 Å². The molecule has 0 saturated carbocycles. The van der Waals surface area contributed by atoms with Crippen molar-refractivity contribution in [3.63, 3.8) is 0 Å². The molecule has 1 N–H and O–H groups in total. The third kappa shape index (κ3) is 2.60. The van der Waals surface area contributed by atoms with Crippen LogP contribution >= 0.6 is 12.4 Å². The average molecular weight is 290 g/mol. The minimum Gasteiger partial charge on any atom is -0.493 e. The largest absolute Gasteiger partial charge is 0.493 e. The van der Waals surface area contributed by atoms with Crippen molar-refractivity contribution >= 4 is 23.6 Å². The van der Waals surface area contributed by atoms with Crippen LogP contribution in [-0.2, 0) is 0 Å². The smallest absolute Gasteiger partial charge is 0.178 e. The van der Waals surface area contributed by atoms with Gasteiger partial charge in [-0.15, -0.1) is 12.4 Å². The minimum absolute atomic E-state index is 0. The number of halogens is 1. The van der Waals surface area contributed by atoms with Gasteiger partial charge in [-0.2, -0.15) is 0 Å². The quantitative estimate of drug-likeness (QED) is 0.799. The molecule has 0 radical (unpaired) electrons. The summed E-state index contributed by atoms with van der Waals surface area (Å²) in [5, 5.41) is 0. The van der Waals surface area contributed by atoms with E-state index in [2.05, 4.69) is 21.0 Å². The highest BCUT2D eigenvalue weighted by atomic mass is 35.5. The number of imidazole rings is 1. The molecule has 20 heavy (non-hydrogen) atoms. The predicted molar refractivity (Wildman–Crippen MR) is 82.5 cm³/mol. The zero-order chi connectivity index (χ0) is 13.2. The van der Waals surface area contributed by atoms with Gasteiger partial charge in [0.1, 0.15) is 11.6 Å². The lowest BCUT2D eigenvalue weighted by molar-refractivity contribution is 0.341. The molecule has 4 nitrogen and oxygen atoms in total. The molecule has 0 aliphatic heterocycles. The first-order valence-corrected chi connectivity index (χ1v) is 6.32. The highest BCUT2D eigenvalue weighted by Gasteiger charge is 2.11. The van der Waals surface area contributed by atoms with E-state index in [0.717, 1.165) is 28.3 Å². The summed E-state index contributed by atoms with van der Waals surface area (Å²) in [6.45, 7) is 4.66. The number of aromatic amines is 1. The number of aromatic nitrogens is 3. The van der Waals surface area contributed by atoms with E-state index in [4.69, 9.17) is 4.74 Å². The van der Waals surface area contributed by atoms with E-state index in [-0.39, 0.29) is 12.4 Å². The Labute approximate surface area is 123 Å². The Morgan fingerprint density at radius 1 is 1.25 bits per heavy atom. The number of H-pyrrole nitrogens is 1. The van der Waals surface area contributed by atoms with Crippen LogP contribution < -0.4 is 4.74 Å². The topological polar surface area (TPSA) is 50.8 Å². The monoisotopic (exact) mass is 289 g/mol. The first-order chi connectivity index (χ1) is 9.28. The number of nitrogens with zero attached hydrogens (tertiary/aromatic N) is 2. The molecular weight excluding hydrogens is 274 g/mol. The lowest BCUT2D eigenvalue weighted by Gasteiger charge is -2.08. The first-order valence-electron chi connectivity index (χ1n) is 6.32. The fourth-order valence-electron chi connectivity index (χ4n) is 2.07. The predicted octanol–water partition coefficient (Wildman–Crippen LogP) is 3.75. The van der Waals surface area contributed by atoms with Crippen molar-refractivity contribution in [2.75, 3.05) is 6.61 Å². The highest BCUT2D eigenvalue weighted by molar-refractivity contribution is 5.85. The maximum Gasteiger partial charge on any atom is 0.178 e. The Balaban J connectivity index is 0.00000147. The molecule has 0 atom stereocenters. The SMILES string of the molecule is CCOc1cc(C)ccc1-c1nc2ncccc2[nH]1.Cl. The highest BCUT2D eigenvalue weighted by Crippen LogP contribution is 2.30. The standard InChI is InChI=1S/C15H15N3O.ClH/c1-3-19-13-9-10(2)6-7-11(13)14-17-12-5-4-8-16-15(12)18-14;/h4-9H,3H2,1-2H3,(H,16,17,18);1H. The van der Waals surface area contributed by atoms with Crippen LogP contribution in [0.15, 0.2) is 36.5 Å². The van der Waals surface area contributed by atoms with Gasteiger partial charge in [0.25, 0.3) is 0 Å². The number of hydrogen-bond donors (Lipinski definition) is 1. The summed E-state index contributed by atoms with van der Waals surface area (Å²) in [7, 11) is 0. The number of hydrogen-bond acceptors (Lipinski definition) is 3. The van der Waals surface area contributed by atoms with Gasteiger partial charge in [0.15, 0.2) is 5.65 Å². The molecule has 0 aliphatic carbocycles. The van der Waals surface area contributed by atoms with Gasteiger partial charge >= 0.3 is 0 Å². The van der Waals surface area contributed by atoms with E-state index in [0.29, 0.717) is 6.61 Å². The zero-order valence-corrected chi connectivity index (χ0v) is 12.2. The maximum absolute atomic E-state index is 5.69. The van der Waals surface area contributed by atoms with E-state index >= 15 is 0 Å². The molecule has 0 spiro atoms. The lowest BCUT2D eigenvalue weighted by Crippen LogP contribution is -1.95. The second-order valence-electron chi connectivity index (χ2n) is 4.39. The van der Waals surface area contributed by atoms with Gasteiger partial charge in [0.05, 0.1) is 17.7 Å². The zero-order valence-electron chi connectivity index (χ0n) is 11.4.